The molecule has 0 bridgehead atoms. The molecule has 2 aliphatic heterocycles. The van der Waals surface area contributed by atoms with Gasteiger partial charge in [0.15, 0.2) is 5.17 Å². The van der Waals surface area contributed by atoms with Crippen molar-refractivity contribution in [3.8, 4) is 0 Å². The molecule has 2 aliphatic rings. The van der Waals surface area contributed by atoms with Crippen molar-refractivity contribution < 1.29 is 14.7 Å². The Hall–Kier alpha value is -1.63. The number of hydrazone groups is 1. The number of nitrogens with zero attached hydrogens (tertiary/aromatic N) is 3. The molecule has 0 atom stereocenters. The number of hydrogen-bond donors (Lipinski definition) is 1. The van der Waals surface area contributed by atoms with Crippen molar-refractivity contribution >= 4 is 35.0 Å². The topological polar surface area (TPSA) is 82.3 Å². The van der Waals surface area contributed by atoms with Crippen molar-refractivity contribution in [2.75, 3.05) is 6.54 Å². The number of aliphatic imine (C=N–C) groups is 1. The number of thioether (sulfide) groups is 1. The lowest BCUT2D eigenvalue weighted by molar-refractivity contribution is -0.131. The Kier molecular flexibility index (Phi) is 2.55. The zero-order valence-electron chi connectivity index (χ0n) is 7.58. The van der Waals surface area contributed by atoms with Gasteiger partial charge in [0.2, 0.25) is 0 Å². The zero-order chi connectivity index (χ0) is 10.8. The summed E-state index contributed by atoms with van der Waals surface area (Å²) in [7, 11) is 0. The first-order valence-electron chi connectivity index (χ1n) is 4.22. The van der Waals surface area contributed by atoms with E-state index in [2.05, 4.69) is 10.1 Å². The van der Waals surface area contributed by atoms with E-state index in [1.54, 1.807) is 11.2 Å². The third-order valence-corrected chi connectivity index (χ3v) is 2.77. The second-order valence-electron chi connectivity index (χ2n) is 2.86. The zero-order valence-corrected chi connectivity index (χ0v) is 8.40. The molecule has 2 rings (SSSR count). The van der Waals surface area contributed by atoms with Crippen LogP contribution in [0.4, 0.5) is 0 Å². The van der Waals surface area contributed by atoms with Gasteiger partial charge in [-0.25, -0.2) is 9.80 Å². The lowest BCUT2D eigenvalue weighted by Gasteiger charge is -2.10. The quantitative estimate of drug-likeness (QED) is 0.648. The van der Waals surface area contributed by atoms with Gasteiger partial charge in [-0.1, -0.05) is 0 Å². The molecular weight excluding hydrogens is 218 g/mol. The van der Waals surface area contributed by atoms with Crippen LogP contribution in [-0.2, 0) is 9.59 Å². The Balaban J connectivity index is 2.13. The summed E-state index contributed by atoms with van der Waals surface area (Å²) >= 11 is 1.04. The minimum absolute atomic E-state index is 0.125. The van der Waals surface area contributed by atoms with Gasteiger partial charge in [0.25, 0.3) is 5.91 Å². The Morgan fingerprint density at radius 3 is 3.07 bits per heavy atom. The van der Waals surface area contributed by atoms with Gasteiger partial charge in [0, 0.05) is 25.3 Å². The highest BCUT2D eigenvalue weighted by Crippen LogP contribution is 2.29. The van der Waals surface area contributed by atoms with E-state index >= 15 is 0 Å². The van der Waals surface area contributed by atoms with Gasteiger partial charge in [-0.2, -0.15) is 10.1 Å². The molecule has 0 aromatic carbocycles. The summed E-state index contributed by atoms with van der Waals surface area (Å²) in [4.78, 5) is 25.5. The Bertz CT molecular complexity index is 413. The summed E-state index contributed by atoms with van der Waals surface area (Å²) in [6, 6.07) is 0. The lowest BCUT2D eigenvalue weighted by atomic mass is 10.5. The summed E-state index contributed by atoms with van der Waals surface area (Å²) in [6.45, 7) is 0.680. The Morgan fingerprint density at radius 1 is 1.67 bits per heavy atom. The summed E-state index contributed by atoms with van der Waals surface area (Å²) < 4.78 is 0. The molecule has 6 nitrogen and oxygen atoms in total. The van der Waals surface area contributed by atoms with Gasteiger partial charge in [0.1, 0.15) is 0 Å². The van der Waals surface area contributed by atoms with Gasteiger partial charge in [-0.05, 0) is 11.8 Å². The van der Waals surface area contributed by atoms with Crippen LogP contribution < -0.4 is 0 Å². The Morgan fingerprint density at radius 2 is 2.47 bits per heavy atom. The Labute approximate surface area is 89.4 Å². The summed E-state index contributed by atoms with van der Waals surface area (Å²) in [5.74, 6) is -1.66. The first-order chi connectivity index (χ1) is 7.16. The monoisotopic (exact) mass is 225 g/mol. The molecule has 1 N–H and O–H groups in total. The molecule has 0 spiro atoms. The van der Waals surface area contributed by atoms with Gasteiger partial charge >= 0.3 is 5.97 Å². The summed E-state index contributed by atoms with van der Waals surface area (Å²) in [5, 5.41) is 14.5. The van der Waals surface area contributed by atoms with Crippen LogP contribution in [0.2, 0.25) is 0 Å². The number of carboxylic acid groups (broad SMARTS) is 1. The molecule has 0 radical (unpaired) electrons. The molecule has 0 saturated carbocycles. The van der Waals surface area contributed by atoms with Crippen LogP contribution in [-0.4, -0.2) is 39.9 Å². The van der Waals surface area contributed by atoms with Crippen LogP contribution in [0.3, 0.4) is 0 Å². The fourth-order valence-corrected chi connectivity index (χ4v) is 2.02. The number of carbonyl (C=O) groups is 2. The molecule has 0 aliphatic carbocycles. The van der Waals surface area contributed by atoms with Crippen LogP contribution in [0.5, 0.6) is 0 Å². The van der Waals surface area contributed by atoms with Gasteiger partial charge in [0.05, 0.1) is 4.91 Å². The van der Waals surface area contributed by atoms with Crippen molar-refractivity contribution in [2.24, 2.45) is 10.1 Å². The summed E-state index contributed by atoms with van der Waals surface area (Å²) in [6.07, 6.45) is 3.40. The third-order valence-electron chi connectivity index (χ3n) is 1.78. The van der Waals surface area contributed by atoms with E-state index < -0.39 is 11.9 Å². The molecule has 0 unspecified atom stereocenters. The SMILES string of the molecule is O=C(O)/C=C1\SC(N2CCC=N2)=NC1=O. The van der Waals surface area contributed by atoms with Gasteiger partial charge < -0.3 is 5.11 Å². The molecule has 0 saturated heterocycles. The maximum atomic E-state index is 11.3. The molecule has 7 heteroatoms. The molecule has 2 heterocycles. The second-order valence-corrected chi connectivity index (χ2v) is 3.87. The average molecular weight is 225 g/mol. The molecule has 15 heavy (non-hydrogen) atoms. The van der Waals surface area contributed by atoms with Gasteiger partial charge in [-0.15, -0.1) is 0 Å². The fraction of sp³-hybridized carbons (Fsp3) is 0.250. The van der Waals surface area contributed by atoms with Crippen LogP contribution in [0, 0.1) is 0 Å². The number of aliphatic carboxylic acids is 1. The smallest absolute Gasteiger partial charge is 0.329 e. The molecule has 78 valence electrons. The van der Waals surface area contributed by atoms with E-state index in [1.165, 1.54) is 0 Å². The van der Waals surface area contributed by atoms with Crippen LogP contribution in [0.25, 0.3) is 0 Å². The maximum absolute atomic E-state index is 11.3. The van der Waals surface area contributed by atoms with Crippen molar-refractivity contribution in [2.45, 2.75) is 6.42 Å². The molecule has 0 aromatic heterocycles. The highest BCUT2D eigenvalue weighted by molar-refractivity contribution is 8.18. The molecule has 1 amide bonds. The highest BCUT2D eigenvalue weighted by Gasteiger charge is 2.27. The number of amides is 1. The van der Waals surface area contributed by atoms with Crippen molar-refractivity contribution in [3.05, 3.63) is 11.0 Å². The number of carboxylic acids is 1. The highest BCUT2D eigenvalue weighted by atomic mass is 32.2. The van der Waals surface area contributed by atoms with E-state index in [9.17, 15) is 9.59 Å². The molecule has 0 aromatic rings. The third kappa shape index (κ3) is 2.07. The van der Waals surface area contributed by atoms with Crippen molar-refractivity contribution in [3.63, 3.8) is 0 Å². The molecule has 0 fully saturated rings. The number of rotatable bonds is 1. The normalized spacial score (nSPS) is 22.7. The van der Waals surface area contributed by atoms with E-state index in [0.717, 1.165) is 24.3 Å². The maximum Gasteiger partial charge on any atom is 0.329 e. The second kappa shape index (κ2) is 3.85. The minimum Gasteiger partial charge on any atom is -0.478 e. The van der Waals surface area contributed by atoms with Crippen LogP contribution in [0.1, 0.15) is 6.42 Å². The predicted molar refractivity (Wildman–Crippen MR) is 55.6 cm³/mol. The first kappa shape index (κ1) is 9.91. The lowest BCUT2D eigenvalue weighted by Crippen LogP contribution is -2.18. The van der Waals surface area contributed by atoms with Gasteiger partial charge in [-0.3, -0.25) is 4.79 Å². The average Bonchev–Trinajstić information content (AvgIpc) is 2.75. The van der Waals surface area contributed by atoms with Crippen molar-refractivity contribution in [1.29, 1.82) is 0 Å². The summed E-state index contributed by atoms with van der Waals surface area (Å²) in [5.41, 5.74) is 0. The van der Waals surface area contributed by atoms with E-state index in [0.29, 0.717) is 11.7 Å². The number of carbonyl (C=O) groups excluding carboxylic acids is 1. The number of hydrogen-bond acceptors (Lipinski definition) is 5. The van der Waals surface area contributed by atoms with Crippen molar-refractivity contribution in [1.82, 2.24) is 5.01 Å². The predicted octanol–water partition coefficient (Wildman–Crippen LogP) is 0.276. The van der Waals surface area contributed by atoms with E-state index in [-0.39, 0.29) is 4.91 Å². The van der Waals surface area contributed by atoms with Crippen LogP contribution in [0.15, 0.2) is 21.1 Å². The number of amidine groups is 1. The standard InChI is InChI=1S/C8H7N3O3S/c12-6(13)4-5-7(14)10-8(15-5)11-3-1-2-9-11/h2,4H,1,3H2,(H,12,13)/b5-4-. The van der Waals surface area contributed by atoms with Crippen LogP contribution >= 0.6 is 11.8 Å². The largest absolute Gasteiger partial charge is 0.478 e. The molecular formula is C8H7N3O3S. The van der Waals surface area contributed by atoms with E-state index in [1.807, 2.05) is 0 Å². The first-order valence-corrected chi connectivity index (χ1v) is 5.04. The van der Waals surface area contributed by atoms with E-state index in [4.69, 9.17) is 5.11 Å². The minimum atomic E-state index is -1.15. The fourth-order valence-electron chi connectivity index (χ4n) is 1.16.